The Morgan fingerprint density at radius 3 is 2.89 bits per heavy atom. The third-order valence-electron chi connectivity index (χ3n) is 2.96. The lowest BCUT2D eigenvalue weighted by Crippen LogP contribution is -2.11. The quantitative estimate of drug-likeness (QED) is 0.772. The normalized spacial score (nSPS) is 12.8. The Labute approximate surface area is 118 Å². The number of thiophene rings is 1. The third-order valence-corrected chi connectivity index (χ3v) is 4.72. The molecule has 1 atom stereocenters. The molecule has 0 saturated carbocycles. The topological polar surface area (TPSA) is 38.9 Å². The minimum Gasteiger partial charge on any atom is -0.320 e. The molecule has 4 heteroatoms. The van der Waals surface area contributed by atoms with Crippen molar-refractivity contribution in [2.75, 3.05) is 0 Å². The van der Waals surface area contributed by atoms with Crippen molar-refractivity contribution in [2.45, 2.75) is 6.04 Å². The highest BCUT2D eigenvalue weighted by atomic mass is 79.9. The summed E-state index contributed by atoms with van der Waals surface area (Å²) in [5.41, 5.74) is 9.54. The third kappa shape index (κ3) is 2.07. The van der Waals surface area contributed by atoms with Crippen LogP contribution in [0.4, 0.5) is 0 Å². The van der Waals surface area contributed by atoms with Crippen LogP contribution >= 0.6 is 27.3 Å². The van der Waals surface area contributed by atoms with E-state index in [9.17, 15) is 0 Å². The summed E-state index contributed by atoms with van der Waals surface area (Å²) >= 11 is 5.19. The molecule has 90 valence electrons. The van der Waals surface area contributed by atoms with Crippen LogP contribution in [0.1, 0.15) is 17.2 Å². The van der Waals surface area contributed by atoms with E-state index in [0.717, 1.165) is 26.5 Å². The number of aromatic nitrogens is 1. The summed E-state index contributed by atoms with van der Waals surface area (Å²) in [5.74, 6) is 0. The lowest BCUT2D eigenvalue weighted by Gasteiger charge is -2.12. The molecule has 2 N–H and O–H groups in total. The van der Waals surface area contributed by atoms with Crippen LogP contribution in [0.15, 0.2) is 51.8 Å². The fourth-order valence-electron chi connectivity index (χ4n) is 1.98. The van der Waals surface area contributed by atoms with E-state index < -0.39 is 0 Å². The van der Waals surface area contributed by atoms with Crippen LogP contribution in [0.5, 0.6) is 0 Å². The smallest absolute Gasteiger partial charge is 0.0702 e. The van der Waals surface area contributed by atoms with Crippen LogP contribution in [0.3, 0.4) is 0 Å². The van der Waals surface area contributed by atoms with Crippen molar-refractivity contribution in [3.8, 4) is 0 Å². The molecule has 1 unspecified atom stereocenters. The number of rotatable bonds is 2. The van der Waals surface area contributed by atoms with Crippen LogP contribution < -0.4 is 5.73 Å². The molecule has 18 heavy (non-hydrogen) atoms. The number of nitrogens with zero attached hydrogens (tertiary/aromatic N) is 1. The van der Waals surface area contributed by atoms with Gasteiger partial charge in [-0.25, -0.2) is 0 Å². The maximum Gasteiger partial charge on any atom is 0.0702 e. The molecule has 1 aromatic carbocycles. The van der Waals surface area contributed by atoms with Crippen molar-refractivity contribution in [2.24, 2.45) is 5.73 Å². The molecule has 2 aromatic heterocycles. The first-order valence-corrected chi connectivity index (χ1v) is 7.31. The maximum absolute atomic E-state index is 6.31. The van der Waals surface area contributed by atoms with E-state index in [1.165, 1.54) is 0 Å². The second-order valence-electron chi connectivity index (χ2n) is 4.11. The monoisotopic (exact) mass is 318 g/mol. The van der Waals surface area contributed by atoms with Gasteiger partial charge in [0.15, 0.2) is 0 Å². The minimum absolute atomic E-state index is 0.102. The number of pyridine rings is 1. The molecular weight excluding hydrogens is 308 g/mol. The van der Waals surface area contributed by atoms with Gasteiger partial charge in [0.1, 0.15) is 0 Å². The predicted molar refractivity (Wildman–Crippen MR) is 79.8 cm³/mol. The van der Waals surface area contributed by atoms with Crippen LogP contribution in [0, 0.1) is 0 Å². The molecule has 0 amide bonds. The van der Waals surface area contributed by atoms with Crippen molar-refractivity contribution < 1.29 is 0 Å². The largest absolute Gasteiger partial charge is 0.320 e. The summed E-state index contributed by atoms with van der Waals surface area (Å²) in [6.07, 6.45) is 1.80. The Kier molecular flexibility index (Phi) is 3.16. The molecular formula is C14H11BrN2S. The van der Waals surface area contributed by atoms with E-state index in [1.807, 2.05) is 18.2 Å². The van der Waals surface area contributed by atoms with Gasteiger partial charge in [-0.15, -0.1) is 0 Å². The van der Waals surface area contributed by atoms with Crippen molar-refractivity contribution in [3.63, 3.8) is 0 Å². The van der Waals surface area contributed by atoms with E-state index in [-0.39, 0.29) is 6.04 Å². The van der Waals surface area contributed by atoms with Gasteiger partial charge in [-0.2, -0.15) is 11.3 Å². The van der Waals surface area contributed by atoms with Gasteiger partial charge < -0.3 is 5.73 Å². The molecule has 0 saturated heterocycles. The molecule has 0 aliphatic rings. The first-order chi connectivity index (χ1) is 8.75. The number of hydrogen-bond acceptors (Lipinski definition) is 3. The van der Waals surface area contributed by atoms with Crippen molar-refractivity contribution in [1.29, 1.82) is 0 Å². The van der Waals surface area contributed by atoms with Crippen LogP contribution in [-0.4, -0.2) is 4.98 Å². The van der Waals surface area contributed by atoms with E-state index in [0.29, 0.717) is 0 Å². The Morgan fingerprint density at radius 2 is 2.11 bits per heavy atom. The number of halogens is 1. The number of hydrogen-bond donors (Lipinski definition) is 1. The van der Waals surface area contributed by atoms with Gasteiger partial charge in [0.2, 0.25) is 0 Å². The summed E-state index contributed by atoms with van der Waals surface area (Å²) in [7, 11) is 0. The number of benzene rings is 1. The average molecular weight is 319 g/mol. The van der Waals surface area contributed by atoms with Crippen molar-refractivity contribution in [1.82, 2.24) is 4.98 Å². The fourth-order valence-corrected chi connectivity index (χ4v) is 3.56. The fraction of sp³-hybridized carbons (Fsp3) is 0.0714. The first-order valence-electron chi connectivity index (χ1n) is 5.57. The lowest BCUT2D eigenvalue weighted by atomic mass is 10.0. The predicted octanol–water partition coefficient (Wildman–Crippen LogP) is 4.11. The summed E-state index contributed by atoms with van der Waals surface area (Å²) in [5, 5.41) is 5.26. The Balaban J connectivity index is 2.07. The highest BCUT2D eigenvalue weighted by molar-refractivity contribution is 9.10. The second-order valence-corrected chi connectivity index (χ2v) is 5.71. The number of nitrogens with two attached hydrogens (primary N) is 1. The molecule has 0 bridgehead atoms. The van der Waals surface area contributed by atoms with Gasteiger partial charge in [0.05, 0.1) is 11.6 Å². The molecule has 0 aliphatic carbocycles. The first kappa shape index (κ1) is 11.8. The van der Waals surface area contributed by atoms with Crippen molar-refractivity contribution in [3.05, 3.63) is 62.9 Å². The van der Waals surface area contributed by atoms with E-state index >= 15 is 0 Å². The summed E-state index contributed by atoms with van der Waals surface area (Å²) in [6.45, 7) is 0. The highest BCUT2D eigenvalue weighted by Gasteiger charge is 2.13. The van der Waals surface area contributed by atoms with E-state index in [2.05, 4.69) is 43.8 Å². The second kappa shape index (κ2) is 4.80. The standard InChI is InChI=1S/C14H11BrN2S/c15-12-8-18-7-11(12)14(16)10-3-4-13-9(6-10)2-1-5-17-13/h1-8,14H,16H2. The number of fused-ring (bicyclic) bond motifs is 1. The molecule has 0 fully saturated rings. The maximum atomic E-state index is 6.31. The van der Waals surface area contributed by atoms with Gasteiger partial charge in [-0.1, -0.05) is 12.1 Å². The molecule has 3 rings (SSSR count). The molecule has 2 heterocycles. The zero-order valence-electron chi connectivity index (χ0n) is 9.51. The highest BCUT2D eigenvalue weighted by Crippen LogP contribution is 2.30. The Hall–Kier alpha value is -1.23. The summed E-state index contributed by atoms with van der Waals surface area (Å²) < 4.78 is 1.08. The zero-order chi connectivity index (χ0) is 12.5. The van der Waals surface area contributed by atoms with E-state index in [1.54, 1.807) is 17.5 Å². The summed E-state index contributed by atoms with van der Waals surface area (Å²) in [6, 6.07) is 10.1. The van der Waals surface area contributed by atoms with Gasteiger partial charge in [-0.3, -0.25) is 4.98 Å². The van der Waals surface area contributed by atoms with E-state index in [4.69, 9.17) is 5.73 Å². The molecule has 0 spiro atoms. The summed E-state index contributed by atoms with van der Waals surface area (Å²) in [4.78, 5) is 4.31. The van der Waals surface area contributed by atoms with Gasteiger partial charge in [-0.05, 0) is 50.6 Å². The average Bonchev–Trinajstić information content (AvgIpc) is 2.83. The van der Waals surface area contributed by atoms with Gasteiger partial charge >= 0.3 is 0 Å². The molecule has 2 nitrogen and oxygen atoms in total. The SMILES string of the molecule is NC(c1ccc2ncccc2c1)c1cscc1Br. The van der Waals surface area contributed by atoms with Crippen LogP contribution in [0.25, 0.3) is 10.9 Å². The minimum atomic E-state index is -0.102. The van der Waals surface area contributed by atoms with Crippen LogP contribution in [-0.2, 0) is 0 Å². The molecule has 0 radical (unpaired) electrons. The van der Waals surface area contributed by atoms with Crippen molar-refractivity contribution >= 4 is 38.2 Å². The zero-order valence-corrected chi connectivity index (χ0v) is 11.9. The Bertz CT molecular complexity index is 693. The Morgan fingerprint density at radius 1 is 1.22 bits per heavy atom. The lowest BCUT2D eigenvalue weighted by molar-refractivity contribution is 0.873. The molecule has 3 aromatic rings. The van der Waals surface area contributed by atoms with Gasteiger partial charge in [0, 0.05) is 21.4 Å². The van der Waals surface area contributed by atoms with Gasteiger partial charge in [0.25, 0.3) is 0 Å². The molecule has 0 aliphatic heterocycles. The van der Waals surface area contributed by atoms with Crippen LogP contribution in [0.2, 0.25) is 0 Å².